The molecule has 1 amide bonds. The van der Waals surface area contributed by atoms with Crippen molar-refractivity contribution in [1.29, 1.82) is 0 Å². The van der Waals surface area contributed by atoms with Crippen molar-refractivity contribution in [2.45, 2.75) is 13.3 Å². The highest BCUT2D eigenvalue weighted by molar-refractivity contribution is 9.09. The lowest BCUT2D eigenvalue weighted by Crippen LogP contribution is -2.11. The standard InChI is InChI=1S/C14H14BrNOS/c1-10-7-9-18-13(10)14(17)16-12-4-2-11(3-5-12)6-8-15/h2-5,7,9H,6,8H2,1H3,(H,16,17). The third-order valence-corrected chi connectivity index (χ3v) is 4.08. The number of hydrogen-bond acceptors (Lipinski definition) is 2. The van der Waals surface area contributed by atoms with Gasteiger partial charge in [-0.1, -0.05) is 28.1 Å². The Bertz CT molecular complexity index is 533. The van der Waals surface area contributed by atoms with E-state index < -0.39 is 0 Å². The highest BCUT2D eigenvalue weighted by Gasteiger charge is 2.10. The van der Waals surface area contributed by atoms with Gasteiger partial charge in [0, 0.05) is 11.0 Å². The molecular weight excluding hydrogens is 310 g/mol. The minimum absolute atomic E-state index is 0.0317. The Balaban J connectivity index is 2.05. The second kappa shape index (κ2) is 6.16. The Morgan fingerprint density at radius 3 is 2.56 bits per heavy atom. The van der Waals surface area contributed by atoms with Crippen LogP contribution >= 0.6 is 27.3 Å². The summed E-state index contributed by atoms with van der Waals surface area (Å²) in [6, 6.07) is 9.92. The Morgan fingerprint density at radius 1 is 1.28 bits per heavy atom. The molecule has 0 atom stereocenters. The molecule has 0 aliphatic rings. The van der Waals surface area contributed by atoms with Crippen molar-refractivity contribution in [1.82, 2.24) is 0 Å². The van der Waals surface area contributed by atoms with Crippen LogP contribution in [0.4, 0.5) is 5.69 Å². The fraction of sp³-hybridized carbons (Fsp3) is 0.214. The third kappa shape index (κ3) is 3.21. The molecule has 0 aliphatic carbocycles. The summed E-state index contributed by atoms with van der Waals surface area (Å²) in [5.74, 6) is -0.0317. The lowest BCUT2D eigenvalue weighted by molar-refractivity contribution is 0.103. The van der Waals surface area contributed by atoms with Crippen LogP contribution in [0.25, 0.3) is 0 Å². The van der Waals surface area contributed by atoms with E-state index in [9.17, 15) is 4.79 Å². The van der Waals surface area contributed by atoms with Crippen LogP contribution < -0.4 is 5.32 Å². The molecule has 0 radical (unpaired) electrons. The number of amides is 1. The van der Waals surface area contributed by atoms with Gasteiger partial charge < -0.3 is 5.32 Å². The van der Waals surface area contributed by atoms with E-state index in [1.807, 2.05) is 42.6 Å². The maximum absolute atomic E-state index is 12.0. The SMILES string of the molecule is Cc1ccsc1C(=O)Nc1ccc(CCBr)cc1. The zero-order valence-corrected chi connectivity index (χ0v) is 12.5. The number of halogens is 1. The largest absolute Gasteiger partial charge is 0.321 e. The van der Waals surface area contributed by atoms with E-state index in [1.54, 1.807) is 0 Å². The van der Waals surface area contributed by atoms with Crippen LogP contribution in [0.2, 0.25) is 0 Å². The number of anilines is 1. The quantitative estimate of drug-likeness (QED) is 0.837. The molecule has 18 heavy (non-hydrogen) atoms. The third-order valence-electron chi connectivity index (χ3n) is 2.66. The monoisotopic (exact) mass is 323 g/mol. The molecule has 0 fully saturated rings. The van der Waals surface area contributed by atoms with Gasteiger partial charge in [0.25, 0.3) is 5.91 Å². The Hall–Kier alpha value is -1.13. The molecule has 94 valence electrons. The number of carbonyl (C=O) groups excluding carboxylic acids is 1. The van der Waals surface area contributed by atoms with E-state index in [0.717, 1.165) is 27.9 Å². The lowest BCUT2D eigenvalue weighted by Gasteiger charge is -2.05. The Labute approximate surface area is 119 Å². The molecule has 1 N–H and O–H groups in total. The molecule has 1 aromatic carbocycles. The van der Waals surface area contributed by atoms with Gasteiger partial charge in [-0.25, -0.2) is 0 Å². The van der Waals surface area contributed by atoms with Crippen LogP contribution in [-0.4, -0.2) is 11.2 Å². The number of aryl methyl sites for hydroxylation is 2. The Kier molecular flexibility index (Phi) is 4.55. The first-order valence-electron chi connectivity index (χ1n) is 5.71. The summed E-state index contributed by atoms with van der Waals surface area (Å²) in [7, 11) is 0. The molecular formula is C14H14BrNOS. The van der Waals surface area contributed by atoms with Gasteiger partial charge in [0.2, 0.25) is 0 Å². The predicted octanol–water partition coefficient (Wildman–Crippen LogP) is 4.25. The molecule has 0 bridgehead atoms. The van der Waals surface area contributed by atoms with E-state index in [2.05, 4.69) is 21.2 Å². The Morgan fingerprint density at radius 2 is 2.00 bits per heavy atom. The number of nitrogens with one attached hydrogen (secondary N) is 1. The van der Waals surface area contributed by atoms with Gasteiger partial charge in [-0.3, -0.25) is 4.79 Å². The van der Waals surface area contributed by atoms with Gasteiger partial charge in [0.15, 0.2) is 0 Å². The molecule has 1 heterocycles. The van der Waals surface area contributed by atoms with Gasteiger partial charge in [-0.2, -0.15) is 0 Å². The molecule has 2 rings (SSSR count). The highest BCUT2D eigenvalue weighted by atomic mass is 79.9. The number of alkyl halides is 1. The second-order valence-electron chi connectivity index (χ2n) is 4.02. The van der Waals surface area contributed by atoms with E-state index >= 15 is 0 Å². The van der Waals surface area contributed by atoms with Gasteiger partial charge in [-0.05, 0) is 48.1 Å². The fourth-order valence-electron chi connectivity index (χ4n) is 1.66. The molecule has 0 unspecified atom stereocenters. The van der Waals surface area contributed by atoms with E-state index in [4.69, 9.17) is 0 Å². The van der Waals surface area contributed by atoms with Crippen LogP contribution in [0, 0.1) is 6.92 Å². The van der Waals surface area contributed by atoms with Gasteiger partial charge in [0.1, 0.15) is 0 Å². The molecule has 0 aliphatic heterocycles. The predicted molar refractivity (Wildman–Crippen MR) is 80.9 cm³/mol. The van der Waals surface area contributed by atoms with Crippen LogP contribution in [0.15, 0.2) is 35.7 Å². The maximum Gasteiger partial charge on any atom is 0.265 e. The van der Waals surface area contributed by atoms with E-state index in [-0.39, 0.29) is 5.91 Å². The summed E-state index contributed by atoms with van der Waals surface area (Å²) in [6.07, 6.45) is 0.998. The van der Waals surface area contributed by atoms with Crippen molar-refractivity contribution in [2.75, 3.05) is 10.6 Å². The number of thiophene rings is 1. The summed E-state index contributed by atoms with van der Waals surface area (Å²) in [5, 5.41) is 5.80. The van der Waals surface area contributed by atoms with Gasteiger partial charge >= 0.3 is 0 Å². The van der Waals surface area contributed by atoms with Gasteiger partial charge in [0.05, 0.1) is 4.88 Å². The first-order valence-corrected chi connectivity index (χ1v) is 7.71. The molecule has 0 spiro atoms. The van der Waals surface area contributed by atoms with Crippen LogP contribution in [0.1, 0.15) is 20.8 Å². The van der Waals surface area contributed by atoms with Gasteiger partial charge in [-0.15, -0.1) is 11.3 Å². The normalized spacial score (nSPS) is 10.3. The number of carbonyl (C=O) groups is 1. The average molecular weight is 324 g/mol. The van der Waals surface area contributed by atoms with Crippen molar-refractivity contribution < 1.29 is 4.79 Å². The summed E-state index contributed by atoms with van der Waals surface area (Å²) >= 11 is 4.88. The molecule has 2 aromatic rings. The van der Waals surface area contributed by atoms with Crippen LogP contribution in [0.3, 0.4) is 0 Å². The number of hydrogen-bond donors (Lipinski definition) is 1. The molecule has 0 saturated heterocycles. The first kappa shape index (κ1) is 13.3. The van der Waals surface area contributed by atoms with Crippen molar-refractivity contribution in [3.8, 4) is 0 Å². The van der Waals surface area contributed by atoms with Crippen molar-refractivity contribution in [2.24, 2.45) is 0 Å². The van der Waals surface area contributed by atoms with Crippen molar-refractivity contribution in [3.05, 3.63) is 51.7 Å². The van der Waals surface area contributed by atoms with Crippen molar-refractivity contribution >= 4 is 38.9 Å². The average Bonchev–Trinajstić information content (AvgIpc) is 2.78. The maximum atomic E-state index is 12.0. The number of rotatable bonds is 4. The molecule has 2 nitrogen and oxygen atoms in total. The lowest BCUT2D eigenvalue weighted by atomic mass is 10.1. The highest BCUT2D eigenvalue weighted by Crippen LogP contribution is 2.18. The zero-order chi connectivity index (χ0) is 13.0. The minimum atomic E-state index is -0.0317. The van der Waals surface area contributed by atoms with Crippen LogP contribution in [0.5, 0.6) is 0 Å². The van der Waals surface area contributed by atoms with Crippen molar-refractivity contribution in [3.63, 3.8) is 0 Å². The zero-order valence-electron chi connectivity index (χ0n) is 10.1. The minimum Gasteiger partial charge on any atom is -0.321 e. The summed E-state index contributed by atoms with van der Waals surface area (Å²) < 4.78 is 0. The first-order chi connectivity index (χ1) is 8.70. The fourth-order valence-corrected chi connectivity index (χ4v) is 2.94. The topological polar surface area (TPSA) is 29.1 Å². The molecule has 4 heteroatoms. The molecule has 0 saturated carbocycles. The van der Waals surface area contributed by atoms with E-state index in [0.29, 0.717) is 0 Å². The summed E-state index contributed by atoms with van der Waals surface area (Å²) in [6.45, 7) is 1.95. The summed E-state index contributed by atoms with van der Waals surface area (Å²) in [4.78, 5) is 12.8. The van der Waals surface area contributed by atoms with E-state index in [1.165, 1.54) is 16.9 Å². The smallest absolute Gasteiger partial charge is 0.265 e. The number of benzene rings is 1. The summed E-state index contributed by atoms with van der Waals surface area (Å²) in [5.41, 5.74) is 3.12. The molecule has 1 aromatic heterocycles. The second-order valence-corrected chi connectivity index (χ2v) is 5.73. The van der Waals surface area contributed by atoms with Crippen LogP contribution in [-0.2, 0) is 6.42 Å².